The highest BCUT2D eigenvalue weighted by Crippen LogP contribution is 2.28. The Kier molecular flexibility index (Phi) is 4.75. The third-order valence-corrected chi connectivity index (χ3v) is 3.37. The smallest absolute Gasteiger partial charge is 0.307 e. The Balaban J connectivity index is 2.41. The lowest BCUT2D eigenvalue weighted by Gasteiger charge is -2.14. The second-order valence-electron chi connectivity index (χ2n) is 5.14. The third-order valence-electron chi connectivity index (χ3n) is 3.37. The zero-order chi connectivity index (χ0) is 16.3. The summed E-state index contributed by atoms with van der Waals surface area (Å²) < 4.78 is 28.1. The number of benzene rings is 2. The molecule has 2 N–H and O–H groups in total. The molecular weight excluding hydrogens is 288 g/mol. The maximum Gasteiger partial charge on any atom is 0.307 e. The van der Waals surface area contributed by atoms with Crippen LogP contribution in [0.4, 0.5) is 20.2 Å². The molecule has 2 aromatic rings. The van der Waals surface area contributed by atoms with Gasteiger partial charge in [-0.1, -0.05) is 24.6 Å². The molecular formula is C17H17F2NO2. The van der Waals surface area contributed by atoms with Gasteiger partial charge in [0.25, 0.3) is 0 Å². The third kappa shape index (κ3) is 3.61. The number of carboxylic acid groups (broad SMARTS) is 1. The highest BCUT2D eigenvalue weighted by molar-refractivity contribution is 5.75. The number of carbonyl (C=O) groups is 1. The molecule has 2 rings (SSSR count). The maximum absolute atomic E-state index is 14.0. The summed E-state index contributed by atoms with van der Waals surface area (Å²) in [4.78, 5) is 10.9. The van der Waals surface area contributed by atoms with E-state index in [0.29, 0.717) is 23.2 Å². The Labute approximate surface area is 127 Å². The average molecular weight is 305 g/mol. The Morgan fingerprint density at radius 1 is 1.18 bits per heavy atom. The topological polar surface area (TPSA) is 49.3 Å². The van der Waals surface area contributed by atoms with Crippen molar-refractivity contribution in [1.29, 1.82) is 0 Å². The molecule has 22 heavy (non-hydrogen) atoms. The van der Waals surface area contributed by atoms with Gasteiger partial charge in [0.15, 0.2) is 0 Å². The SMILES string of the molecule is CCc1cc(F)c(Nc2ccc(C)cc2CC(=O)O)c(F)c1. The minimum atomic E-state index is -1.00. The van der Waals surface area contributed by atoms with E-state index >= 15 is 0 Å². The molecule has 2 aromatic carbocycles. The van der Waals surface area contributed by atoms with E-state index < -0.39 is 17.6 Å². The van der Waals surface area contributed by atoms with Gasteiger partial charge in [0.05, 0.1) is 6.42 Å². The van der Waals surface area contributed by atoms with Gasteiger partial charge in [0, 0.05) is 5.69 Å². The van der Waals surface area contributed by atoms with Gasteiger partial charge in [0.2, 0.25) is 0 Å². The van der Waals surface area contributed by atoms with Gasteiger partial charge in [-0.3, -0.25) is 4.79 Å². The van der Waals surface area contributed by atoms with E-state index in [1.807, 2.05) is 13.8 Å². The molecule has 0 aliphatic carbocycles. The van der Waals surface area contributed by atoms with Crippen LogP contribution in [0, 0.1) is 18.6 Å². The van der Waals surface area contributed by atoms with Crippen LogP contribution in [-0.4, -0.2) is 11.1 Å². The van der Waals surface area contributed by atoms with Crippen LogP contribution in [0.15, 0.2) is 30.3 Å². The highest BCUT2D eigenvalue weighted by atomic mass is 19.1. The van der Waals surface area contributed by atoms with E-state index in [0.717, 1.165) is 5.56 Å². The second kappa shape index (κ2) is 6.56. The fourth-order valence-corrected chi connectivity index (χ4v) is 2.24. The van der Waals surface area contributed by atoms with Crippen molar-refractivity contribution in [2.24, 2.45) is 0 Å². The molecule has 0 amide bonds. The summed E-state index contributed by atoms with van der Waals surface area (Å²) in [6.07, 6.45) is 0.309. The van der Waals surface area contributed by atoms with Gasteiger partial charge in [-0.15, -0.1) is 0 Å². The molecule has 0 bridgehead atoms. The molecule has 0 aliphatic heterocycles. The lowest BCUT2D eigenvalue weighted by molar-refractivity contribution is -0.136. The van der Waals surface area contributed by atoms with Crippen LogP contribution >= 0.6 is 0 Å². The predicted molar refractivity (Wildman–Crippen MR) is 81.5 cm³/mol. The minimum absolute atomic E-state index is 0.222. The van der Waals surface area contributed by atoms with Crippen LogP contribution in [0.3, 0.4) is 0 Å². The molecule has 0 atom stereocenters. The first-order chi connectivity index (χ1) is 10.4. The van der Waals surface area contributed by atoms with Crippen molar-refractivity contribution in [1.82, 2.24) is 0 Å². The number of hydrogen-bond acceptors (Lipinski definition) is 2. The van der Waals surface area contributed by atoms with Gasteiger partial charge in [-0.2, -0.15) is 0 Å². The summed E-state index contributed by atoms with van der Waals surface area (Å²) in [5.74, 6) is -2.40. The number of rotatable bonds is 5. The number of nitrogens with one attached hydrogen (secondary N) is 1. The Morgan fingerprint density at radius 2 is 1.82 bits per heavy atom. The van der Waals surface area contributed by atoms with Gasteiger partial charge >= 0.3 is 5.97 Å². The van der Waals surface area contributed by atoms with E-state index in [1.54, 1.807) is 18.2 Å². The number of halogens is 2. The predicted octanol–water partition coefficient (Wildman–Crippen LogP) is 4.21. The molecule has 0 fully saturated rings. The van der Waals surface area contributed by atoms with Crippen molar-refractivity contribution < 1.29 is 18.7 Å². The zero-order valence-electron chi connectivity index (χ0n) is 12.4. The van der Waals surface area contributed by atoms with Crippen molar-refractivity contribution in [2.75, 3.05) is 5.32 Å². The minimum Gasteiger partial charge on any atom is -0.481 e. The largest absolute Gasteiger partial charge is 0.481 e. The van der Waals surface area contributed by atoms with Crippen LogP contribution in [0.2, 0.25) is 0 Å². The molecule has 0 heterocycles. The molecule has 3 nitrogen and oxygen atoms in total. The van der Waals surface area contributed by atoms with Crippen LogP contribution in [0.1, 0.15) is 23.6 Å². The van der Waals surface area contributed by atoms with Gasteiger partial charge < -0.3 is 10.4 Å². The first-order valence-corrected chi connectivity index (χ1v) is 6.97. The van der Waals surface area contributed by atoms with Gasteiger partial charge in [0.1, 0.15) is 17.3 Å². The van der Waals surface area contributed by atoms with Crippen LogP contribution in [0.25, 0.3) is 0 Å². The molecule has 0 aliphatic rings. The van der Waals surface area contributed by atoms with Crippen molar-refractivity contribution in [3.63, 3.8) is 0 Å². The van der Waals surface area contributed by atoms with E-state index in [1.165, 1.54) is 12.1 Å². The van der Waals surface area contributed by atoms with Crippen LogP contribution in [0.5, 0.6) is 0 Å². The standard InChI is InChI=1S/C17H17F2NO2/c1-3-11-7-13(18)17(14(19)8-11)20-15-5-4-10(2)6-12(15)9-16(21)22/h4-8,20H,3,9H2,1-2H3,(H,21,22). The monoisotopic (exact) mass is 305 g/mol. The molecule has 5 heteroatoms. The molecule has 0 saturated heterocycles. The second-order valence-corrected chi connectivity index (χ2v) is 5.14. The number of aliphatic carboxylic acids is 1. The van der Waals surface area contributed by atoms with Crippen LogP contribution in [-0.2, 0) is 17.6 Å². The number of aryl methyl sites for hydroxylation is 2. The Bertz CT molecular complexity index is 691. The normalized spacial score (nSPS) is 10.5. The van der Waals surface area contributed by atoms with Gasteiger partial charge in [-0.25, -0.2) is 8.78 Å². The average Bonchev–Trinajstić information content (AvgIpc) is 2.43. The van der Waals surface area contributed by atoms with E-state index in [2.05, 4.69) is 5.32 Å². The molecule has 0 saturated carbocycles. The fraction of sp³-hybridized carbons (Fsp3) is 0.235. The summed E-state index contributed by atoms with van der Waals surface area (Å²) in [5.41, 5.74) is 2.04. The first kappa shape index (κ1) is 15.9. The summed E-state index contributed by atoms with van der Waals surface area (Å²) in [7, 11) is 0. The molecule has 0 unspecified atom stereocenters. The highest BCUT2D eigenvalue weighted by Gasteiger charge is 2.14. The molecule has 0 aromatic heterocycles. The van der Waals surface area contributed by atoms with E-state index in [4.69, 9.17) is 5.11 Å². The quantitative estimate of drug-likeness (QED) is 0.870. The summed E-state index contributed by atoms with van der Waals surface area (Å²) in [6, 6.07) is 7.61. The number of hydrogen-bond donors (Lipinski definition) is 2. The number of carboxylic acids is 1. The Morgan fingerprint density at radius 3 is 2.36 bits per heavy atom. The summed E-state index contributed by atoms with van der Waals surface area (Å²) in [6.45, 7) is 3.64. The fourth-order valence-electron chi connectivity index (χ4n) is 2.24. The van der Waals surface area contributed by atoms with Crippen molar-refractivity contribution >= 4 is 17.3 Å². The summed E-state index contributed by atoms with van der Waals surface area (Å²) >= 11 is 0. The molecule has 0 spiro atoms. The van der Waals surface area contributed by atoms with E-state index in [9.17, 15) is 13.6 Å². The molecule has 0 radical (unpaired) electrons. The lowest BCUT2D eigenvalue weighted by Crippen LogP contribution is -2.06. The van der Waals surface area contributed by atoms with Crippen molar-refractivity contribution in [3.05, 3.63) is 58.7 Å². The lowest BCUT2D eigenvalue weighted by atomic mass is 10.1. The van der Waals surface area contributed by atoms with Crippen molar-refractivity contribution in [3.8, 4) is 0 Å². The summed E-state index contributed by atoms with van der Waals surface area (Å²) in [5, 5.41) is 11.6. The number of anilines is 2. The first-order valence-electron chi connectivity index (χ1n) is 6.97. The zero-order valence-corrected chi connectivity index (χ0v) is 12.4. The van der Waals surface area contributed by atoms with Crippen LogP contribution < -0.4 is 5.32 Å². The van der Waals surface area contributed by atoms with Gasteiger partial charge in [-0.05, 0) is 42.7 Å². The Hall–Kier alpha value is -2.43. The molecule has 116 valence electrons. The maximum atomic E-state index is 14.0. The van der Waals surface area contributed by atoms with Crippen molar-refractivity contribution in [2.45, 2.75) is 26.7 Å². The van der Waals surface area contributed by atoms with E-state index in [-0.39, 0.29) is 12.1 Å².